The number of nitrogens with zero attached hydrogens (tertiary/aromatic N) is 2. The number of hydrogen-bond acceptors (Lipinski definition) is 6. The van der Waals surface area contributed by atoms with E-state index in [2.05, 4.69) is 5.32 Å². The van der Waals surface area contributed by atoms with Crippen molar-refractivity contribution in [3.05, 3.63) is 24.3 Å². The van der Waals surface area contributed by atoms with Gasteiger partial charge in [-0.15, -0.1) is 0 Å². The Labute approximate surface area is 148 Å². The monoisotopic (exact) mass is 389 g/mol. The first-order valence-electron chi connectivity index (χ1n) is 8.20. The van der Waals surface area contributed by atoms with Gasteiger partial charge in [-0.25, -0.2) is 16.8 Å². The molecule has 1 unspecified atom stereocenters. The molecule has 0 aromatic heterocycles. The Balaban J connectivity index is 1.81. The molecule has 0 amide bonds. The smallest absolute Gasteiger partial charge is 0.243 e. The van der Waals surface area contributed by atoms with Crippen molar-refractivity contribution in [1.29, 1.82) is 0 Å². The van der Waals surface area contributed by atoms with Crippen molar-refractivity contribution in [2.45, 2.75) is 22.3 Å². The summed E-state index contributed by atoms with van der Waals surface area (Å²) in [5.74, 6) is 0. The summed E-state index contributed by atoms with van der Waals surface area (Å²) in [6.45, 7) is 2.76. The van der Waals surface area contributed by atoms with Gasteiger partial charge in [0.05, 0.1) is 23.0 Å². The molecule has 1 aromatic rings. The van der Waals surface area contributed by atoms with E-state index < -0.39 is 20.0 Å². The van der Waals surface area contributed by atoms with Gasteiger partial charge >= 0.3 is 0 Å². The number of rotatable bonds is 5. The van der Waals surface area contributed by atoms with Gasteiger partial charge in [-0.1, -0.05) is 0 Å². The fourth-order valence-corrected chi connectivity index (χ4v) is 5.82. The number of benzene rings is 1. The molecule has 2 aliphatic rings. The Morgan fingerprint density at radius 1 is 1.08 bits per heavy atom. The van der Waals surface area contributed by atoms with Crippen LogP contribution in [-0.4, -0.2) is 77.9 Å². The highest BCUT2D eigenvalue weighted by atomic mass is 32.2. The van der Waals surface area contributed by atoms with E-state index in [-0.39, 0.29) is 15.8 Å². The molecule has 0 saturated carbocycles. The zero-order chi connectivity index (χ0) is 18.1. The number of hydrogen-bond donors (Lipinski definition) is 1. The number of morpholine rings is 1. The van der Waals surface area contributed by atoms with E-state index >= 15 is 0 Å². The normalized spacial score (nSPS) is 23.2. The maximum atomic E-state index is 12.7. The van der Waals surface area contributed by atoms with Gasteiger partial charge < -0.3 is 10.1 Å². The Bertz CT molecular complexity index is 796. The molecule has 2 fully saturated rings. The molecule has 2 saturated heterocycles. The average molecular weight is 389 g/mol. The molecular formula is C15H23N3O5S2. The molecule has 140 valence electrons. The lowest BCUT2D eigenvalue weighted by Crippen LogP contribution is -2.40. The lowest BCUT2D eigenvalue weighted by molar-refractivity contribution is 0.0730. The van der Waals surface area contributed by atoms with Crippen LogP contribution in [-0.2, 0) is 24.8 Å². The second-order valence-corrected chi connectivity index (χ2v) is 10.1. The molecule has 0 spiro atoms. The van der Waals surface area contributed by atoms with Crippen LogP contribution in [0.25, 0.3) is 0 Å². The summed E-state index contributed by atoms with van der Waals surface area (Å²) >= 11 is 0. The zero-order valence-corrected chi connectivity index (χ0v) is 15.7. The second kappa shape index (κ2) is 7.29. The van der Waals surface area contributed by atoms with Crippen LogP contribution in [0.15, 0.2) is 34.1 Å². The van der Waals surface area contributed by atoms with Gasteiger partial charge in [0.1, 0.15) is 0 Å². The van der Waals surface area contributed by atoms with Crippen molar-refractivity contribution in [3.8, 4) is 0 Å². The average Bonchev–Trinajstić information content (AvgIpc) is 3.16. The van der Waals surface area contributed by atoms with E-state index in [1.807, 2.05) is 0 Å². The number of likely N-dealkylation sites (N-methyl/N-ethyl adjacent to an activating group) is 1. The highest BCUT2D eigenvalue weighted by molar-refractivity contribution is 7.89. The topological polar surface area (TPSA) is 96.0 Å². The van der Waals surface area contributed by atoms with Crippen molar-refractivity contribution >= 4 is 20.0 Å². The summed E-state index contributed by atoms with van der Waals surface area (Å²) in [5, 5.41) is 3.14. The Hall–Kier alpha value is -1.04. The molecule has 0 bridgehead atoms. The molecule has 1 atom stereocenters. The van der Waals surface area contributed by atoms with Crippen LogP contribution in [0.4, 0.5) is 0 Å². The predicted molar refractivity (Wildman–Crippen MR) is 92.2 cm³/mol. The van der Waals surface area contributed by atoms with Crippen molar-refractivity contribution in [2.75, 3.05) is 46.4 Å². The van der Waals surface area contributed by atoms with Gasteiger partial charge in [-0.3, -0.25) is 0 Å². The summed E-state index contributed by atoms with van der Waals surface area (Å²) in [5.41, 5.74) is 0. The van der Waals surface area contributed by atoms with E-state index in [0.717, 1.165) is 13.0 Å². The largest absolute Gasteiger partial charge is 0.379 e. The zero-order valence-electron chi connectivity index (χ0n) is 14.1. The van der Waals surface area contributed by atoms with Crippen LogP contribution < -0.4 is 5.32 Å². The van der Waals surface area contributed by atoms with E-state index in [4.69, 9.17) is 4.74 Å². The molecule has 10 heteroatoms. The maximum Gasteiger partial charge on any atom is 0.243 e. The molecule has 8 nitrogen and oxygen atoms in total. The molecule has 2 heterocycles. The Morgan fingerprint density at radius 2 is 1.68 bits per heavy atom. The summed E-state index contributed by atoms with van der Waals surface area (Å²) in [7, 11) is -5.71. The Kier molecular flexibility index (Phi) is 5.47. The summed E-state index contributed by atoms with van der Waals surface area (Å²) in [6.07, 6.45) is 0.763. The van der Waals surface area contributed by atoms with Crippen LogP contribution >= 0.6 is 0 Å². The van der Waals surface area contributed by atoms with Crippen molar-refractivity contribution in [1.82, 2.24) is 13.9 Å². The van der Waals surface area contributed by atoms with Crippen LogP contribution in [0.5, 0.6) is 0 Å². The number of ether oxygens (including phenoxy) is 1. The van der Waals surface area contributed by atoms with E-state index in [1.165, 1.54) is 32.9 Å². The first-order valence-corrected chi connectivity index (χ1v) is 11.1. The third kappa shape index (κ3) is 3.74. The third-order valence-corrected chi connectivity index (χ3v) is 8.49. The molecular weight excluding hydrogens is 366 g/mol. The number of sulfonamides is 2. The molecule has 3 rings (SSSR count). The first kappa shape index (κ1) is 18.7. The molecule has 1 N–H and O–H groups in total. The molecule has 25 heavy (non-hydrogen) atoms. The number of nitrogens with one attached hydrogen (secondary N) is 1. The summed E-state index contributed by atoms with van der Waals surface area (Å²) in [6, 6.07) is 5.36. The molecule has 0 radical (unpaired) electrons. The fourth-order valence-electron chi connectivity index (χ4n) is 3.03. The van der Waals surface area contributed by atoms with Crippen molar-refractivity contribution in [3.63, 3.8) is 0 Å². The van der Waals surface area contributed by atoms with Crippen molar-refractivity contribution < 1.29 is 21.6 Å². The van der Waals surface area contributed by atoms with Crippen LogP contribution in [0.3, 0.4) is 0 Å². The summed E-state index contributed by atoms with van der Waals surface area (Å²) in [4.78, 5) is 0.196. The quantitative estimate of drug-likeness (QED) is 0.742. The van der Waals surface area contributed by atoms with Crippen molar-refractivity contribution in [2.24, 2.45) is 0 Å². The molecule has 1 aromatic carbocycles. The van der Waals surface area contributed by atoms with Gasteiger partial charge in [0.15, 0.2) is 0 Å². The van der Waals surface area contributed by atoms with Gasteiger partial charge in [-0.05, 0) is 37.2 Å². The van der Waals surface area contributed by atoms with Gasteiger partial charge in [-0.2, -0.15) is 8.61 Å². The minimum atomic E-state index is -3.64. The second-order valence-electron chi connectivity index (χ2n) is 6.16. The third-order valence-electron chi connectivity index (χ3n) is 4.66. The first-order chi connectivity index (χ1) is 11.8. The van der Waals surface area contributed by atoms with E-state index in [0.29, 0.717) is 32.8 Å². The molecule has 0 aliphatic carbocycles. The van der Waals surface area contributed by atoms with Gasteiger partial charge in [0.2, 0.25) is 20.0 Å². The van der Waals surface area contributed by atoms with E-state index in [9.17, 15) is 16.8 Å². The highest BCUT2D eigenvalue weighted by Crippen LogP contribution is 2.23. The fraction of sp³-hybridized carbons (Fsp3) is 0.600. The maximum absolute atomic E-state index is 12.7. The predicted octanol–water partition coefficient (Wildman–Crippen LogP) is -0.310. The SMILES string of the molecule is CN(C1CCNC1)S(=O)(=O)c1ccc(S(=O)(=O)N2CCOCC2)cc1. The van der Waals surface area contributed by atoms with Crippen LogP contribution in [0.2, 0.25) is 0 Å². The highest BCUT2D eigenvalue weighted by Gasteiger charge is 2.31. The lowest BCUT2D eigenvalue weighted by atomic mass is 10.3. The lowest BCUT2D eigenvalue weighted by Gasteiger charge is -2.26. The van der Waals surface area contributed by atoms with Gasteiger partial charge in [0.25, 0.3) is 0 Å². The standard InChI is InChI=1S/C15H23N3O5S2/c1-17(13-6-7-16-12-13)24(19,20)14-2-4-15(5-3-14)25(21,22)18-8-10-23-11-9-18/h2-5,13,16H,6-12H2,1H3. The van der Waals surface area contributed by atoms with Crippen LogP contribution in [0.1, 0.15) is 6.42 Å². The minimum absolute atomic E-state index is 0.0817. The van der Waals surface area contributed by atoms with Crippen LogP contribution in [0, 0.1) is 0 Å². The minimum Gasteiger partial charge on any atom is -0.379 e. The van der Waals surface area contributed by atoms with E-state index in [1.54, 1.807) is 7.05 Å². The molecule has 2 aliphatic heterocycles. The Morgan fingerprint density at radius 3 is 2.24 bits per heavy atom. The van der Waals surface area contributed by atoms with Gasteiger partial charge in [0, 0.05) is 32.7 Å². The summed E-state index contributed by atoms with van der Waals surface area (Å²) < 4.78 is 58.5.